The van der Waals surface area contributed by atoms with Crippen LogP contribution in [0.3, 0.4) is 0 Å². The molecule has 2 aromatic rings. The first-order chi connectivity index (χ1) is 11.3. The Morgan fingerprint density at radius 1 is 1.42 bits per heavy atom. The molecule has 1 aromatic carbocycles. The van der Waals surface area contributed by atoms with E-state index in [2.05, 4.69) is 4.98 Å². The molecular formula is C16H20N2O5S. The number of aromatic nitrogens is 1. The highest BCUT2D eigenvalue weighted by atomic mass is 32.2. The van der Waals surface area contributed by atoms with Crippen LogP contribution in [0.1, 0.15) is 12.1 Å². The first-order valence-corrected chi connectivity index (χ1v) is 9.54. The number of aliphatic carboxylic acids is 1. The van der Waals surface area contributed by atoms with Crippen LogP contribution in [0.25, 0.3) is 10.9 Å². The smallest absolute Gasteiger partial charge is 0.320 e. The molecule has 1 aliphatic heterocycles. The molecule has 2 atom stereocenters. The molecule has 0 radical (unpaired) electrons. The minimum atomic E-state index is -3.26. The lowest BCUT2D eigenvalue weighted by Gasteiger charge is -2.19. The second-order valence-electron chi connectivity index (χ2n) is 6.22. The number of aromatic amines is 1. The van der Waals surface area contributed by atoms with E-state index in [-0.39, 0.29) is 13.0 Å². The second kappa shape index (κ2) is 6.10. The minimum Gasteiger partial charge on any atom is -0.497 e. The Morgan fingerprint density at radius 3 is 2.79 bits per heavy atom. The van der Waals surface area contributed by atoms with Crippen LogP contribution in [-0.4, -0.2) is 60.6 Å². The molecule has 3 rings (SSSR count). The average molecular weight is 352 g/mol. The number of fused-ring (bicyclic) bond motifs is 1. The van der Waals surface area contributed by atoms with Crippen molar-refractivity contribution in [2.45, 2.75) is 24.3 Å². The lowest BCUT2D eigenvalue weighted by molar-refractivity contribution is -0.142. The normalized spacial score (nSPS) is 22.1. The number of methoxy groups -OCH3 is 1. The van der Waals surface area contributed by atoms with Gasteiger partial charge in [-0.3, -0.25) is 9.69 Å². The van der Waals surface area contributed by atoms with Gasteiger partial charge in [-0.15, -0.1) is 0 Å². The van der Waals surface area contributed by atoms with Crippen molar-refractivity contribution >= 4 is 26.7 Å². The highest BCUT2D eigenvalue weighted by Crippen LogP contribution is 2.27. The number of hydrogen-bond donors (Lipinski definition) is 2. The Hall–Kier alpha value is -2.06. The molecule has 1 saturated heterocycles. The fourth-order valence-electron chi connectivity index (χ4n) is 3.21. The number of carbonyl (C=O) groups is 1. The number of likely N-dealkylation sites (tertiary alicyclic amines) is 1. The predicted molar refractivity (Wildman–Crippen MR) is 89.9 cm³/mol. The minimum absolute atomic E-state index is 0.127. The molecule has 2 heterocycles. The van der Waals surface area contributed by atoms with Crippen molar-refractivity contribution in [1.82, 2.24) is 9.88 Å². The van der Waals surface area contributed by atoms with Crippen LogP contribution in [0, 0.1) is 0 Å². The van der Waals surface area contributed by atoms with E-state index in [1.165, 1.54) is 0 Å². The molecule has 0 bridgehead atoms. The Kier molecular flexibility index (Phi) is 4.27. The van der Waals surface area contributed by atoms with Gasteiger partial charge >= 0.3 is 5.97 Å². The van der Waals surface area contributed by atoms with Gasteiger partial charge in [0.25, 0.3) is 0 Å². The maximum absolute atomic E-state index is 11.8. The van der Waals surface area contributed by atoms with Crippen molar-refractivity contribution in [3.05, 3.63) is 30.0 Å². The lowest BCUT2D eigenvalue weighted by atomic mass is 10.2. The van der Waals surface area contributed by atoms with Crippen LogP contribution in [-0.2, 0) is 21.2 Å². The van der Waals surface area contributed by atoms with Crippen molar-refractivity contribution in [2.75, 3.05) is 19.9 Å². The summed E-state index contributed by atoms with van der Waals surface area (Å²) in [5.74, 6) is -0.242. The van der Waals surface area contributed by atoms with Crippen LogP contribution < -0.4 is 4.74 Å². The van der Waals surface area contributed by atoms with Gasteiger partial charge in [-0.1, -0.05) is 0 Å². The first kappa shape index (κ1) is 16.8. The van der Waals surface area contributed by atoms with E-state index in [4.69, 9.17) is 4.74 Å². The van der Waals surface area contributed by atoms with E-state index in [9.17, 15) is 18.3 Å². The number of carboxylic acid groups (broad SMARTS) is 1. The van der Waals surface area contributed by atoms with Crippen LogP contribution in [0.5, 0.6) is 5.75 Å². The fraction of sp³-hybridized carbons (Fsp3) is 0.438. The van der Waals surface area contributed by atoms with Crippen molar-refractivity contribution in [3.8, 4) is 5.75 Å². The number of H-pyrrole nitrogens is 1. The third kappa shape index (κ3) is 3.25. The lowest BCUT2D eigenvalue weighted by Crippen LogP contribution is -2.35. The molecule has 0 amide bonds. The Labute approximate surface area is 140 Å². The third-order valence-corrected chi connectivity index (χ3v) is 6.07. The summed E-state index contributed by atoms with van der Waals surface area (Å²) in [6.07, 6.45) is 1.29. The van der Waals surface area contributed by atoms with E-state index in [0.29, 0.717) is 6.54 Å². The number of nitrogens with zero attached hydrogens (tertiary/aromatic N) is 1. The van der Waals surface area contributed by atoms with Crippen LogP contribution in [0.2, 0.25) is 0 Å². The number of hydrogen-bond acceptors (Lipinski definition) is 5. The summed E-state index contributed by atoms with van der Waals surface area (Å²) in [6.45, 7) is 0.592. The van der Waals surface area contributed by atoms with Crippen LogP contribution in [0.4, 0.5) is 0 Å². The first-order valence-electron chi connectivity index (χ1n) is 7.59. The average Bonchev–Trinajstić information content (AvgIpc) is 3.09. The summed E-state index contributed by atoms with van der Waals surface area (Å²) in [7, 11) is -1.66. The van der Waals surface area contributed by atoms with Gasteiger partial charge in [0.05, 0.1) is 12.4 Å². The molecular weight excluding hydrogens is 332 g/mol. The SMILES string of the molecule is COc1ccc2[nH]c(CN3C[C@H](S(C)(=O)=O)C[C@H]3C(=O)O)cc2c1. The molecule has 130 valence electrons. The highest BCUT2D eigenvalue weighted by molar-refractivity contribution is 7.91. The van der Waals surface area contributed by atoms with Crippen LogP contribution in [0.15, 0.2) is 24.3 Å². The largest absolute Gasteiger partial charge is 0.497 e. The summed E-state index contributed by atoms with van der Waals surface area (Å²) in [5.41, 5.74) is 1.77. The fourth-order valence-corrected chi connectivity index (χ4v) is 4.20. The second-order valence-corrected chi connectivity index (χ2v) is 8.54. The highest BCUT2D eigenvalue weighted by Gasteiger charge is 2.41. The van der Waals surface area contributed by atoms with E-state index in [0.717, 1.165) is 28.6 Å². The summed E-state index contributed by atoms with van der Waals surface area (Å²) in [5, 5.41) is 9.72. The van der Waals surface area contributed by atoms with E-state index < -0.39 is 27.1 Å². The molecule has 0 spiro atoms. The van der Waals surface area contributed by atoms with Gasteiger partial charge in [0, 0.05) is 35.9 Å². The van der Waals surface area contributed by atoms with E-state index in [1.54, 1.807) is 12.0 Å². The van der Waals surface area contributed by atoms with Gasteiger partial charge < -0.3 is 14.8 Å². The molecule has 1 fully saturated rings. The predicted octanol–water partition coefficient (Wildman–Crippen LogP) is 1.25. The summed E-state index contributed by atoms with van der Waals surface area (Å²) in [4.78, 5) is 16.4. The summed E-state index contributed by atoms with van der Waals surface area (Å²) in [6, 6.07) is 6.79. The number of rotatable bonds is 5. The zero-order chi connectivity index (χ0) is 17.5. The van der Waals surface area contributed by atoms with Crippen LogP contribution >= 0.6 is 0 Å². The van der Waals surface area contributed by atoms with Gasteiger partial charge in [0.15, 0.2) is 9.84 Å². The summed E-state index contributed by atoms with van der Waals surface area (Å²) < 4.78 is 28.7. The van der Waals surface area contributed by atoms with Gasteiger partial charge in [0.2, 0.25) is 0 Å². The van der Waals surface area contributed by atoms with Gasteiger partial charge in [-0.05, 0) is 30.7 Å². The molecule has 0 aliphatic carbocycles. The zero-order valence-corrected chi connectivity index (χ0v) is 14.3. The zero-order valence-electron chi connectivity index (χ0n) is 13.5. The molecule has 8 heteroatoms. The molecule has 1 aliphatic rings. The third-order valence-electron chi connectivity index (χ3n) is 4.51. The van der Waals surface area contributed by atoms with Gasteiger partial charge in [0.1, 0.15) is 11.8 Å². The molecule has 1 aromatic heterocycles. The number of sulfone groups is 1. The quantitative estimate of drug-likeness (QED) is 0.840. The van der Waals surface area contributed by atoms with Crippen molar-refractivity contribution < 1.29 is 23.1 Å². The number of benzene rings is 1. The Bertz CT molecular complexity index is 874. The Morgan fingerprint density at radius 2 is 2.17 bits per heavy atom. The Balaban J connectivity index is 1.84. The monoisotopic (exact) mass is 352 g/mol. The topological polar surface area (TPSA) is 99.7 Å². The van der Waals surface area contributed by atoms with Gasteiger partial charge in [-0.25, -0.2) is 8.42 Å². The standard InChI is InChI=1S/C16H20N2O5S/c1-23-12-3-4-14-10(6-12)5-11(17-14)8-18-9-13(24(2,21)22)7-15(18)16(19)20/h3-6,13,15,17H,7-9H2,1-2H3,(H,19,20)/t13-,15+/m1/s1. The molecule has 0 saturated carbocycles. The molecule has 24 heavy (non-hydrogen) atoms. The maximum atomic E-state index is 11.8. The van der Waals surface area contributed by atoms with Crippen molar-refractivity contribution in [2.24, 2.45) is 0 Å². The number of carboxylic acids is 1. The number of ether oxygens (including phenoxy) is 1. The molecule has 7 nitrogen and oxygen atoms in total. The summed E-state index contributed by atoms with van der Waals surface area (Å²) >= 11 is 0. The molecule has 2 N–H and O–H groups in total. The maximum Gasteiger partial charge on any atom is 0.320 e. The van der Waals surface area contributed by atoms with E-state index in [1.807, 2.05) is 24.3 Å². The van der Waals surface area contributed by atoms with Gasteiger partial charge in [-0.2, -0.15) is 0 Å². The molecule has 0 unspecified atom stereocenters. The van der Waals surface area contributed by atoms with E-state index >= 15 is 0 Å². The van der Waals surface area contributed by atoms with Crippen molar-refractivity contribution in [3.63, 3.8) is 0 Å². The number of nitrogens with one attached hydrogen (secondary N) is 1. The van der Waals surface area contributed by atoms with Crippen molar-refractivity contribution in [1.29, 1.82) is 0 Å².